The highest BCUT2D eigenvalue weighted by Gasteiger charge is 2.23. The fourth-order valence-corrected chi connectivity index (χ4v) is 6.71. The Morgan fingerprint density at radius 3 is 2.73 bits per heavy atom. The van der Waals surface area contributed by atoms with Crippen LogP contribution in [0.15, 0.2) is 54.9 Å². The molecule has 216 valence electrons. The summed E-state index contributed by atoms with van der Waals surface area (Å²) in [6.45, 7) is 5.41. The van der Waals surface area contributed by atoms with Crippen molar-refractivity contribution in [2.75, 3.05) is 31.3 Å². The third kappa shape index (κ3) is 6.80. The number of fused-ring (bicyclic) bond motifs is 1. The maximum Gasteiger partial charge on any atom is 0.228 e. The quantitative estimate of drug-likeness (QED) is 0.266. The molecule has 0 amide bonds. The Balaban J connectivity index is 1.49. The minimum Gasteiger partial charge on any atom is -0.437 e. The summed E-state index contributed by atoms with van der Waals surface area (Å²) in [6.07, 6.45) is 4.95. The Morgan fingerprint density at radius 1 is 1.12 bits per heavy atom. The van der Waals surface area contributed by atoms with Crippen molar-refractivity contribution in [1.82, 2.24) is 20.3 Å². The van der Waals surface area contributed by atoms with Crippen molar-refractivity contribution < 1.29 is 22.3 Å². The number of hydrogen-bond donors (Lipinski definition) is 2. The molecule has 4 aromatic rings. The lowest BCUT2D eigenvalue weighted by Gasteiger charge is -2.23. The van der Waals surface area contributed by atoms with E-state index in [0.717, 1.165) is 31.5 Å². The molecule has 9 nitrogen and oxygen atoms in total. The maximum absolute atomic E-state index is 15.0. The first-order chi connectivity index (χ1) is 19.7. The number of aromatic nitrogens is 3. The van der Waals surface area contributed by atoms with Crippen molar-refractivity contribution >= 4 is 26.6 Å². The van der Waals surface area contributed by atoms with E-state index in [9.17, 15) is 8.42 Å². The van der Waals surface area contributed by atoms with Gasteiger partial charge in [-0.1, -0.05) is 12.1 Å². The SMILES string of the molecule is CO[C@H](C)CS(=O)(=O)Cc1c(F)ccc2c(Oc3ncccc3-c3ccnc(N[C@H]4CCCNC4)n3)c(C)ccc12. The van der Waals surface area contributed by atoms with E-state index in [1.54, 1.807) is 49.6 Å². The first-order valence-electron chi connectivity index (χ1n) is 13.6. The Kier molecular flexibility index (Phi) is 8.77. The van der Waals surface area contributed by atoms with Gasteiger partial charge in [0.25, 0.3) is 0 Å². The lowest BCUT2D eigenvalue weighted by Crippen LogP contribution is -2.38. The normalized spacial score (nSPS) is 16.4. The van der Waals surface area contributed by atoms with Gasteiger partial charge >= 0.3 is 0 Å². The van der Waals surface area contributed by atoms with Gasteiger partial charge in [-0.25, -0.2) is 27.8 Å². The molecule has 1 saturated heterocycles. The maximum atomic E-state index is 15.0. The molecule has 1 aliphatic heterocycles. The van der Waals surface area contributed by atoms with E-state index in [0.29, 0.717) is 39.6 Å². The van der Waals surface area contributed by atoms with Gasteiger partial charge < -0.3 is 20.1 Å². The van der Waals surface area contributed by atoms with Crippen LogP contribution in [0.5, 0.6) is 11.6 Å². The van der Waals surface area contributed by atoms with Gasteiger partial charge in [-0.3, -0.25) is 0 Å². The van der Waals surface area contributed by atoms with E-state index < -0.39 is 27.5 Å². The number of rotatable bonds is 10. The van der Waals surface area contributed by atoms with E-state index in [1.807, 2.05) is 13.0 Å². The summed E-state index contributed by atoms with van der Waals surface area (Å²) in [5, 5.41) is 7.83. The number of pyridine rings is 1. The third-order valence-corrected chi connectivity index (χ3v) is 8.90. The molecule has 5 rings (SSSR count). The number of anilines is 1. The van der Waals surface area contributed by atoms with Crippen LogP contribution in [0.3, 0.4) is 0 Å². The van der Waals surface area contributed by atoms with Gasteiger partial charge in [0.2, 0.25) is 11.8 Å². The molecular formula is C30H34FN5O4S. The first kappa shape index (κ1) is 28.8. The smallest absolute Gasteiger partial charge is 0.228 e. The number of methoxy groups -OCH3 is 1. The number of hydrogen-bond acceptors (Lipinski definition) is 9. The molecule has 2 aromatic heterocycles. The lowest BCUT2D eigenvalue weighted by molar-refractivity contribution is 0.136. The van der Waals surface area contributed by atoms with Crippen molar-refractivity contribution in [3.8, 4) is 22.9 Å². The molecular weight excluding hydrogens is 545 g/mol. The lowest BCUT2D eigenvalue weighted by atomic mass is 10.0. The topological polar surface area (TPSA) is 115 Å². The van der Waals surface area contributed by atoms with Crippen LogP contribution in [0.1, 0.15) is 30.9 Å². The zero-order valence-electron chi connectivity index (χ0n) is 23.4. The zero-order valence-corrected chi connectivity index (χ0v) is 24.2. The second kappa shape index (κ2) is 12.5. The highest BCUT2D eigenvalue weighted by molar-refractivity contribution is 7.90. The number of aryl methyl sites for hydroxylation is 1. The first-order valence-corrected chi connectivity index (χ1v) is 15.4. The van der Waals surface area contributed by atoms with Gasteiger partial charge in [-0.05, 0) is 74.5 Å². The molecule has 0 aliphatic carbocycles. The molecule has 2 atom stereocenters. The highest BCUT2D eigenvalue weighted by atomic mass is 32.2. The predicted molar refractivity (Wildman–Crippen MR) is 157 cm³/mol. The average molecular weight is 580 g/mol. The number of ether oxygens (including phenoxy) is 2. The van der Waals surface area contributed by atoms with Crippen LogP contribution < -0.4 is 15.4 Å². The number of sulfone groups is 1. The fourth-order valence-electron chi connectivity index (χ4n) is 5.01. The van der Waals surface area contributed by atoms with E-state index in [1.165, 1.54) is 13.2 Å². The predicted octanol–water partition coefficient (Wildman–Crippen LogP) is 5.05. The molecule has 41 heavy (non-hydrogen) atoms. The van der Waals surface area contributed by atoms with Crippen molar-refractivity contribution in [2.24, 2.45) is 0 Å². The Hall–Kier alpha value is -3.67. The van der Waals surface area contributed by atoms with E-state index in [4.69, 9.17) is 14.5 Å². The van der Waals surface area contributed by atoms with E-state index in [-0.39, 0.29) is 17.4 Å². The zero-order chi connectivity index (χ0) is 29.0. The molecule has 3 heterocycles. The van der Waals surface area contributed by atoms with Crippen molar-refractivity contribution in [3.63, 3.8) is 0 Å². The van der Waals surface area contributed by atoms with Crippen LogP contribution in [0, 0.1) is 12.7 Å². The standard InChI is InChI=1S/C30H34FN5O4S/c1-19-8-9-22-23(10-11-26(31)25(22)18-41(37,38)17-20(2)39-3)28(19)40-29-24(7-5-14-33-29)27-12-15-34-30(36-27)35-21-6-4-13-32-16-21/h5,7-12,14-15,20-21,32H,4,6,13,16-18H2,1-3H3,(H,34,35,36)/t20-,21+/m1/s1. The highest BCUT2D eigenvalue weighted by Crippen LogP contribution is 2.38. The molecule has 0 saturated carbocycles. The van der Waals surface area contributed by atoms with Crippen LogP contribution >= 0.6 is 0 Å². The van der Waals surface area contributed by atoms with Gasteiger partial charge in [0.1, 0.15) is 11.6 Å². The molecule has 0 bridgehead atoms. The Bertz CT molecular complexity index is 1640. The molecule has 0 spiro atoms. The summed E-state index contributed by atoms with van der Waals surface area (Å²) >= 11 is 0. The van der Waals surface area contributed by atoms with Crippen molar-refractivity contribution in [2.45, 2.75) is 44.6 Å². The van der Waals surface area contributed by atoms with Gasteiger partial charge in [-0.2, -0.15) is 0 Å². The third-order valence-electron chi connectivity index (χ3n) is 7.19. The largest absolute Gasteiger partial charge is 0.437 e. The molecule has 2 N–H and O–H groups in total. The van der Waals surface area contributed by atoms with Gasteiger partial charge in [0.05, 0.1) is 28.9 Å². The van der Waals surface area contributed by atoms with Gasteiger partial charge in [0, 0.05) is 43.0 Å². The number of nitrogens with one attached hydrogen (secondary N) is 2. The Labute approximate surface area is 239 Å². The second-order valence-electron chi connectivity index (χ2n) is 10.3. The van der Waals surface area contributed by atoms with Crippen molar-refractivity contribution in [3.05, 3.63) is 71.8 Å². The van der Waals surface area contributed by atoms with Crippen LogP contribution in [-0.2, 0) is 20.3 Å². The molecule has 11 heteroatoms. The number of piperidine rings is 1. The summed E-state index contributed by atoms with van der Waals surface area (Å²) in [5.41, 5.74) is 2.19. The molecule has 1 fully saturated rings. The minimum absolute atomic E-state index is 0.0978. The Morgan fingerprint density at radius 2 is 1.95 bits per heavy atom. The second-order valence-corrected chi connectivity index (χ2v) is 12.5. The van der Waals surface area contributed by atoms with Crippen molar-refractivity contribution in [1.29, 1.82) is 0 Å². The fraction of sp³-hybridized carbons (Fsp3) is 0.367. The van der Waals surface area contributed by atoms with Crippen LogP contribution in [-0.4, -0.2) is 61.5 Å². The summed E-state index contributed by atoms with van der Waals surface area (Å²) in [5.74, 6) is 0.0597. The molecule has 2 aromatic carbocycles. The monoisotopic (exact) mass is 579 g/mol. The van der Waals surface area contributed by atoms with Crippen LogP contribution in [0.2, 0.25) is 0 Å². The molecule has 0 unspecified atom stereocenters. The minimum atomic E-state index is -3.64. The molecule has 0 radical (unpaired) electrons. The van der Waals surface area contributed by atoms with E-state index >= 15 is 4.39 Å². The number of nitrogens with zero attached hydrogens (tertiary/aromatic N) is 3. The number of halogens is 1. The summed E-state index contributed by atoms with van der Waals surface area (Å²) in [7, 11) is -2.19. The average Bonchev–Trinajstić information content (AvgIpc) is 2.96. The van der Waals surface area contributed by atoms with E-state index in [2.05, 4.69) is 20.6 Å². The number of benzene rings is 2. The summed E-state index contributed by atoms with van der Waals surface area (Å²) in [4.78, 5) is 13.6. The van der Waals surface area contributed by atoms with Crippen LogP contribution in [0.4, 0.5) is 10.3 Å². The summed E-state index contributed by atoms with van der Waals surface area (Å²) < 4.78 is 52.3. The summed E-state index contributed by atoms with van der Waals surface area (Å²) in [6, 6.07) is 12.1. The van der Waals surface area contributed by atoms with Crippen LogP contribution in [0.25, 0.3) is 22.0 Å². The molecule has 1 aliphatic rings. The van der Waals surface area contributed by atoms with Gasteiger partial charge in [0.15, 0.2) is 9.84 Å². The van der Waals surface area contributed by atoms with Gasteiger partial charge in [-0.15, -0.1) is 0 Å².